The highest BCUT2D eigenvalue weighted by Crippen LogP contribution is 2.44. The number of thioether (sulfide) groups is 1. The first-order chi connectivity index (χ1) is 19.0. The van der Waals surface area contributed by atoms with E-state index in [0.717, 1.165) is 5.56 Å². The van der Waals surface area contributed by atoms with Crippen molar-refractivity contribution in [2.45, 2.75) is 23.6 Å². The van der Waals surface area contributed by atoms with Gasteiger partial charge in [-0.2, -0.15) is 5.26 Å². The Morgan fingerprint density at radius 2 is 1.64 bits per heavy atom. The number of pyridine rings is 2. The van der Waals surface area contributed by atoms with Gasteiger partial charge in [0.2, 0.25) is 11.7 Å². The molecule has 0 aliphatic rings. The standard InChI is InChI=1S/C30H28N4O4S/c1-5-27(29(35)33-21-11-13-32-14-12-21)39-30-23(18-31)22(17-24(34-30)19-9-7-6-8-10-19)20-15-25(36-2)28(38-4)26(16-20)37-3/h6-17,27H,5H2,1-4H3,(H,32,33,35). The quantitative estimate of drug-likeness (QED) is 0.236. The minimum atomic E-state index is -0.489. The molecule has 0 saturated carbocycles. The first-order valence-corrected chi connectivity index (χ1v) is 13.1. The van der Waals surface area contributed by atoms with Gasteiger partial charge in [-0.1, -0.05) is 49.0 Å². The van der Waals surface area contributed by atoms with E-state index in [2.05, 4.69) is 16.4 Å². The van der Waals surface area contributed by atoms with E-state index in [9.17, 15) is 10.1 Å². The van der Waals surface area contributed by atoms with Gasteiger partial charge in [-0.05, 0) is 42.3 Å². The molecule has 0 radical (unpaired) electrons. The first-order valence-electron chi connectivity index (χ1n) is 12.2. The number of rotatable bonds is 10. The third kappa shape index (κ3) is 6.13. The molecule has 1 atom stereocenters. The van der Waals surface area contributed by atoms with Gasteiger partial charge in [-0.3, -0.25) is 9.78 Å². The predicted molar refractivity (Wildman–Crippen MR) is 152 cm³/mol. The van der Waals surface area contributed by atoms with Crippen molar-refractivity contribution in [2.75, 3.05) is 26.6 Å². The Morgan fingerprint density at radius 1 is 0.974 bits per heavy atom. The summed E-state index contributed by atoms with van der Waals surface area (Å²) < 4.78 is 16.6. The highest BCUT2D eigenvalue weighted by Gasteiger charge is 2.25. The fourth-order valence-corrected chi connectivity index (χ4v) is 5.08. The zero-order chi connectivity index (χ0) is 27.8. The number of ether oxygens (including phenoxy) is 3. The molecule has 1 N–H and O–H groups in total. The van der Waals surface area contributed by atoms with Crippen molar-refractivity contribution in [1.29, 1.82) is 5.26 Å². The molecule has 1 unspecified atom stereocenters. The number of hydrogen-bond acceptors (Lipinski definition) is 8. The molecule has 0 aliphatic heterocycles. The lowest BCUT2D eigenvalue weighted by Crippen LogP contribution is -2.24. The molecule has 4 rings (SSSR count). The van der Waals surface area contributed by atoms with Gasteiger partial charge in [0.25, 0.3) is 0 Å². The van der Waals surface area contributed by atoms with E-state index in [1.807, 2.05) is 43.3 Å². The van der Waals surface area contributed by atoms with Gasteiger partial charge < -0.3 is 19.5 Å². The Balaban J connectivity index is 1.85. The van der Waals surface area contributed by atoms with Crippen LogP contribution in [0.5, 0.6) is 17.2 Å². The highest BCUT2D eigenvalue weighted by molar-refractivity contribution is 8.00. The van der Waals surface area contributed by atoms with Gasteiger partial charge in [0, 0.05) is 29.2 Å². The van der Waals surface area contributed by atoms with Crippen LogP contribution in [0.25, 0.3) is 22.4 Å². The van der Waals surface area contributed by atoms with Crippen LogP contribution in [0.2, 0.25) is 0 Å². The lowest BCUT2D eigenvalue weighted by atomic mass is 9.98. The summed E-state index contributed by atoms with van der Waals surface area (Å²) in [6.45, 7) is 1.93. The first kappa shape index (κ1) is 27.5. The largest absolute Gasteiger partial charge is 0.493 e. The van der Waals surface area contributed by atoms with Crippen LogP contribution < -0.4 is 19.5 Å². The maximum atomic E-state index is 13.2. The van der Waals surface area contributed by atoms with Gasteiger partial charge in [0.1, 0.15) is 11.1 Å². The van der Waals surface area contributed by atoms with Crippen LogP contribution in [0.15, 0.2) is 78.1 Å². The van der Waals surface area contributed by atoms with Crippen LogP contribution in [-0.2, 0) is 4.79 Å². The van der Waals surface area contributed by atoms with Crippen molar-refractivity contribution in [3.05, 3.63) is 78.6 Å². The summed E-state index contributed by atoms with van der Waals surface area (Å²) in [5, 5.41) is 13.2. The Bertz CT molecular complexity index is 1470. The molecule has 2 heterocycles. The summed E-state index contributed by atoms with van der Waals surface area (Å²) in [7, 11) is 4.63. The minimum absolute atomic E-state index is 0.182. The molecule has 8 nitrogen and oxygen atoms in total. The number of methoxy groups -OCH3 is 3. The number of carbonyl (C=O) groups is 1. The van der Waals surface area contributed by atoms with E-state index >= 15 is 0 Å². The van der Waals surface area contributed by atoms with Crippen molar-refractivity contribution in [2.24, 2.45) is 0 Å². The number of hydrogen-bond donors (Lipinski definition) is 1. The molecule has 0 aliphatic carbocycles. The van der Waals surface area contributed by atoms with Crippen LogP contribution in [-0.4, -0.2) is 42.5 Å². The number of amides is 1. The average Bonchev–Trinajstić information content (AvgIpc) is 2.99. The molecule has 9 heteroatoms. The van der Waals surface area contributed by atoms with Gasteiger partial charge in [0.05, 0.1) is 37.8 Å². The molecule has 0 saturated heterocycles. The molecular formula is C30H28N4O4S. The lowest BCUT2D eigenvalue weighted by molar-refractivity contribution is -0.115. The predicted octanol–water partition coefficient (Wildman–Crippen LogP) is 6.22. The monoisotopic (exact) mass is 540 g/mol. The fraction of sp³-hybridized carbons (Fsp3) is 0.200. The van der Waals surface area contributed by atoms with E-state index in [1.54, 1.807) is 50.9 Å². The third-order valence-electron chi connectivity index (χ3n) is 6.01. The van der Waals surface area contributed by atoms with Crippen molar-refractivity contribution in [3.8, 4) is 45.7 Å². The van der Waals surface area contributed by atoms with Crippen LogP contribution >= 0.6 is 11.8 Å². The van der Waals surface area contributed by atoms with Crippen LogP contribution in [0.1, 0.15) is 18.9 Å². The average molecular weight is 541 g/mol. The molecule has 198 valence electrons. The fourth-order valence-electron chi connectivity index (χ4n) is 4.05. The van der Waals surface area contributed by atoms with E-state index in [0.29, 0.717) is 56.8 Å². The minimum Gasteiger partial charge on any atom is -0.493 e. The highest BCUT2D eigenvalue weighted by atomic mass is 32.2. The topological polar surface area (TPSA) is 106 Å². The number of nitrogens with one attached hydrogen (secondary N) is 1. The summed E-state index contributed by atoms with van der Waals surface area (Å²) in [5.74, 6) is 1.20. The van der Waals surface area contributed by atoms with Gasteiger partial charge in [0.15, 0.2) is 11.5 Å². The molecule has 2 aromatic carbocycles. The van der Waals surface area contributed by atoms with Crippen LogP contribution in [0.3, 0.4) is 0 Å². The lowest BCUT2D eigenvalue weighted by Gasteiger charge is -2.19. The summed E-state index contributed by atoms with van der Waals surface area (Å²) in [6, 6.07) is 21.0. The molecule has 39 heavy (non-hydrogen) atoms. The normalized spacial score (nSPS) is 11.3. The van der Waals surface area contributed by atoms with Crippen molar-refractivity contribution in [1.82, 2.24) is 9.97 Å². The Kier molecular flexibility index (Phi) is 9.02. The molecule has 0 bridgehead atoms. The SMILES string of the molecule is CCC(Sc1nc(-c2ccccc2)cc(-c2cc(OC)c(OC)c(OC)c2)c1C#N)C(=O)Nc1ccncc1. The van der Waals surface area contributed by atoms with E-state index < -0.39 is 5.25 Å². The van der Waals surface area contributed by atoms with Gasteiger partial charge >= 0.3 is 0 Å². The smallest absolute Gasteiger partial charge is 0.237 e. The van der Waals surface area contributed by atoms with Crippen molar-refractivity contribution in [3.63, 3.8) is 0 Å². The Hall–Kier alpha value is -4.55. The molecular weight excluding hydrogens is 512 g/mol. The second kappa shape index (κ2) is 12.8. The summed E-state index contributed by atoms with van der Waals surface area (Å²) in [5.41, 5.74) is 3.88. The Morgan fingerprint density at radius 3 is 2.21 bits per heavy atom. The number of nitriles is 1. The number of aromatic nitrogens is 2. The van der Waals surface area contributed by atoms with Crippen LogP contribution in [0.4, 0.5) is 5.69 Å². The molecule has 0 fully saturated rings. The second-order valence-electron chi connectivity index (χ2n) is 8.37. The number of nitrogens with zero attached hydrogens (tertiary/aromatic N) is 3. The maximum Gasteiger partial charge on any atom is 0.237 e. The summed E-state index contributed by atoms with van der Waals surface area (Å²) in [6.07, 6.45) is 3.77. The molecule has 1 amide bonds. The third-order valence-corrected chi connectivity index (χ3v) is 7.36. The van der Waals surface area contributed by atoms with E-state index in [-0.39, 0.29) is 5.91 Å². The van der Waals surface area contributed by atoms with Crippen molar-refractivity contribution < 1.29 is 19.0 Å². The zero-order valence-corrected chi connectivity index (χ0v) is 22.9. The summed E-state index contributed by atoms with van der Waals surface area (Å²) in [4.78, 5) is 22.0. The molecule has 4 aromatic rings. The zero-order valence-electron chi connectivity index (χ0n) is 22.1. The summed E-state index contributed by atoms with van der Waals surface area (Å²) >= 11 is 1.26. The van der Waals surface area contributed by atoms with Gasteiger partial charge in [-0.15, -0.1) is 0 Å². The van der Waals surface area contributed by atoms with Crippen molar-refractivity contribution >= 4 is 23.4 Å². The van der Waals surface area contributed by atoms with Crippen LogP contribution in [0, 0.1) is 11.3 Å². The van der Waals surface area contributed by atoms with E-state index in [1.165, 1.54) is 18.9 Å². The molecule has 0 spiro atoms. The number of carbonyl (C=O) groups excluding carboxylic acids is 1. The van der Waals surface area contributed by atoms with E-state index in [4.69, 9.17) is 19.2 Å². The maximum absolute atomic E-state index is 13.2. The second-order valence-corrected chi connectivity index (χ2v) is 9.56. The number of benzene rings is 2. The Labute approximate surface area is 232 Å². The number of anilines is 1. The van der Waals surface area contributed by atoms with Gasteiger partial charge in [-0.25, -0.2) is 4.98 Å². The molecule has 2 aromatic heterocycles.